The lowest BCUT2D eigenvalue weighted by Crippen LogP contribution is -2.53. The summed E-state index contributed by atoms with van der Waals surface area (Å²) >= 11 is 9.78. The van der Waals surface area contributed by atoms with Gasteiger partial charge >= 0.3 is 6.03 Å². The van der Waals surface area contributed by atoms with Gasteiger partial charge in [-0.2, -0.15) is 9.91 Å². The average molecular weight is 738 g/mol. The first-order valence-corrected chi connectivity index (χ1v) is 16.2. The topological polar surface area (TPSA) is 159 Å². The number of anilines is 1. The van der Waals surface area contributed by atoms with Crippen molar-refractivity contribution < 1.29 is 38.2 Å². The van der Waals surface area contributed by atoms with Crippen LogP contribution in [0.25, 0.3) is 0 Å². The van der Waals surface area contributed by atoms with E-state index in [0.29, 0.717) is 25.5 Å². The molecule has 0 unspecified atom stereocenters. The van der Waals surface area contributed by atoms with Crippen LogP contribution >= 0.6 is 27.5 Å². The average Bonchev–Trinajstić information content (AvgIpc) is 3.44. The number of nitrogens with zero attached hydrogens (tertiary/aromatic N) is 2. The molecule has 3 aromatic rings. The maximum atomic E-state index is 15.1. The summed E-state index contributed by atoms with van der Waals surface area (Å²) < 4.78 is 19.8. The van der Waals surface area contributed by atoms with Crippen LogP contribution in [0, 0.1) is 29.5 Å². The molecule has 0 bridgehead atoms. The summed E-state index contributed by atoms with van der Waals surface area (Å²) in [5.74, 6) is -8.53. The number of ether oxygens (including phenoxy) is 1. The number of likely N-dealkylation sites (tertiary alicyclic amines) is 1. The predicted octanol–water partition coefficient (Wildman–Crippen LogP) is 5.02. The summed E-state index contributed by atoms with van der Waals surface area (Å²) in [5, 5.41) is 13.0. The van der Waals surface area contributed by atoms with Crippen LogP contribution in [-0.4, -0.2) is 51.8 Å². The van der Waals surface area contributed by atoms with E-state index in [0.717, 1.165) is 5.01 Å². The zero-order chi connectivity index (χ0) is 34.2. The van der Waals surface area contributed by atoms with Gasteiger partial charge in [-0.3, -0.25) is 24.6 Å². The zero-order valence-corrected chi connectivity index (χ0v) is 27.5. The number of imide groups is 4. The number of phenolic OH excluding ortho intramolecular Hbond substituents is 1. The number of hydrazine groups is 1. The lowest BCUT2D eigenvalue weighted by molar-refractivity contribution is -0.139. The van der Waals surface area contributed by atoms with Crippen molar-refractivity contribution in [3.05, 3.63) is 98.8 Å². The van der Waals surface area contributed by atoms with Gasteiger partial charge in [-0.25, -0.2) is 9.18 Å². The van der Waals surface area contributed by atoms with Crippen molar-refractivity contribution in [2.75, 3.05) is 12.5 Å². The quantitative estimate of drug-likeness (QED) is 0.243. The largest absolute Gasteiger partial charge is 0.504 e. The number of amides is 6. The Kier molecular flexibility index (Phi) is 7.59. The van der Waals surface area contributed by atoms with E-state index in [-0.39, 0.29) is 35.6 Å². The summed E-state index contributed by atoms with van der Waals surface area (Å²) in [4.78, 5) is 69.4. The van der Waals surface area contributed by atoms with Gasteiger partial charge in [0, 0.05) is 21.0 Å². The second-order valence-corrected chi connectivity index (χ2v) is 13.6. The van der Waals surface area contributed by atoms with Gasteiger partial charge in [-0.05, 0) is 72.9 Å². The number of methoxy groups -OCH3 is 1. The van der Waals surface area contributed by atoms with Crippen molar-refractivity contribution >= 4 is 62.9 Å². The van der Waals surface area contributed by atoms with E-state index >= 15 is 4.79 Å². The maximum absolute atomic E-state index is 15.1. The number of nitrogens with one attached hydrogen (secondary N) is 1. The van der Waals surface area contributed by atoms with Crippen LogP contribution in [0.3, 0.4) is 0 Å². The highest BCUT2D eigenvalue weighted by atomic mass is 79.9. The van der Waals surface area contributed by atoms with Crippen molar-refractivity contribution in [3.63, 3.8) is 0 Å². The minimum absolute atomic E-state index is 0.0499. The zero-order valence-electron chi connectivity index (χ0n) is 25.2. The Morgan fingerprint density at radius 3 is 2.38 bits per heavy atom. The predicted molar refractivity (Wildman–Crippen MR) is 173 cm³/mol. The van der Waals surface area contributed by atoms with E-state index < -0.39 is 70.5 Å². The first-order chi connectivity index (χ1) is 22.9. The standard InChI is InChI=1S/C34H27BrClFN4O7/c1-48-25-13-16(35)12-23(28(25)42)27-20-10-11-21-26(31(45)40(29(21)43)33(38)47)22(20)14-24-30(44)41(39-19-8-6-18(37)7-9-19)32(46)34(24,27)15-2-4-17(36)5-3-15/h2-10,12-13,21-22,24,26-27,39,42H,11,14H2,1H3,(H2,38,47)/t21-,22+,24-,26-,27+,34+/m0/s1. The van der Waals surface area contributed by atoms with E-state index in [1.165, 1.54) is 31.4 Å². The number of benzene rings is 3. The fraction of sp³-hybridized carbons (Fsp3) is 0.265. The van der Waals surface area contributed by atoms with Crippen LogP contribution < -0.4 is 15.9 Å². The molecular weight excluding hydrogens is 711 g/mol. The summed E-state index contributed by atoms with van der Waals surface area (Å²) in [6, 6.07) is 13.6. The molecule has 2 aliphatic heterocycles. The monoisotopic (exact) mass is 736 g/mol. The minimum atomic E-state index is -1.72. The molecule has 3 aromatic carbocycles. The molecule has 4 N–H and O–H groups in total. The fourth-order valence-electron chi connectivity index (χ4n) is 8.19. The molecule has 0 spiro atoms. The number of fused-ring (bicyclic) bond motifs is 4. The minimum Gasteiger partial charge on any atom is -0.504 e. The first-order valence-electron chi connectivity index (χ1n) is 15.0. The molecule has 6 amide bonds. The summed E-state index contributed by atoms with van der Waals surface area (Å²) in [6.45, 7) is 0. The Hall–Kier alpha value is -4.75. The highest BCUT2D eigenvalue weighted by Gasteiger charge is 2.71. The van der Waals surface area contributed by atoms with Crippen LogP contribution in [-0.2, 0) is 24.6 Å². The van der Waals surface area contributed by atoms with Gasteiger partial charge in [0.1, 0.15) is 5.82 Å². The molecule has 4 aliphatic rings. The van der Waals surface area contributed by atoms with Gasteiger partial charge in [-0.15, -0.1) is 0 Å². The van der Waals surface area contributed by atoms with E-state index in [4.69, 9.17) is 22.1 Å². The van der Waals surface area contributed by atoms with E-state index in [1.54, 1.807) is 42.5 Å². The van der Waals surface area contributed by atoms with E-state index in [9.17, 15) is 28.7 Å². The number of hydrogen-bond donors (Lipinski definition) is 3. The van der Waals surface area contributed by atoms with Crippen LogP contribution in [0.1, 0.15) is 29.9 Å². The van der Waals surface area contributed by atoms with E-state index in [2.05, 4.69) is 21.4 Å². The number of phenols is 1. The van der Waals surface area contributed by atoms with Gasteiger partial charge in [0.2, 0.25) is 11.8 Å². The van der Waals surface area contributed by atoms with Crippen LogP contribution in [0.5, 0.6) is 11.5 Å². The van der Waals surface area contributed by atoms with Gasteiger partial charge in [0.15, 0.2) is 11.5 Å². The Morgan fingerprint density at radius 2 is 1.73 bits per heavy atom. The molecular formula is C34H27BrClFN4O7. The molecule has 48 heavy (non-hydrogen) atoms. The highest BCUT2D eigenvalue weighted by Crippen LogP contribution is 2.65. The third-order valence-corrected chi connectivity index (χ3v) is 10.8. The Balaban J connectivity index is 1.50. The van der Waals surface area contributed by atoms with Gasteiger partial charge < -0.3 is 15.6 Å². The number of carbonyl (C=O) groups is 5. The molecule has 6 atom stereocenters. The number of hydrogen-bond acceptors (Lipinski definition) is 8. The Labute approximate surface area is 286 Å². The van der Waals surface area contributed by atoms with Gasteiger partial charge in [0.05, 0.1) is 36.0 Å². The third kappa shape index (κ3) is 4.47. The van der Waals surface area contributed by atoms with Crippen LogP contribution in [0.4, 0.5) is 14.9 Å². The van der Waals surface area contributed by atoms with Crippen molar-refractivity contribution in [3.8, 4) is 11.5 Å². The van der Waals surface area contributed by atoms with Gasteiger partial charge in [0.25, 0.3) is 11.8 Å². The van der Waals surface area contributed by atoms with Crippen molar-refractivity contribution in [1.29, 1.82) is 0 Å². The molecule has 2 aliphatic carbocycles. The first kappa shape index (κ1) is 31.8. The van der Waals surface area contributed by atoms with Crippen molar-refractivity contribution in [2.45, 2.75) is 24.2 Å². The molecule has 14 heteroatoms. The number of rotatable bonds is 5. The molecule has 7 rings (SSSR count). The molecule has 2 heterocycles. The second-order valence-electron chi connectivity index (χ2n) is 12.3. The summed E-state index contributed by atoms with van der Waals surface area (Å²) in [5.41, 5.74) is 8.02. The summed E-state index contributed by atoms with van der Waals surface area (Å²) in [7, 11) is 1.37. The number of halogens is 3. The Bertz CT molecular complexity index is 1960. The molecule has 0 aromatic heterocycles. The van der Waals surface area contributed by atoms with E-state index in [1.807, 2.05) is 0 Å². The fourth-order valence-corrected chi connectivity index (χ4v) is 8.77. The smallest absolute Gasteiger partial charge is 0.328 e. The summed E-state index contributed by atoms with van der Waals surface area (Å²) in [6.07, 6.45) is 1.75. The van der Waals surface area contributed by atoms with Crippen molar-refractivity contribution in [2.24, 2.45) is 29.4 Å². The molecule has 246 valence electrons. The number of nitrogens with two attached hydrogens (primary N) is 1. The SMILES string of the molecule is COc1cc(Br)cc([C@H]2C3=CC[C@@H]4C(=O)N(C(N)=O)C(=O)[C@@H]4[C@@H]3C[C@H]3C(=O)N(Nc4ccc(F)cc4)C(=O)[C@@]23c2ccc(Cl)cc2)c1O. The number of allylic oxidation sites excluding steroid dienone is 2. The maximum Gasteiger partial charge on any atom is 0.328 e. The number of carbonyl (C=O) groups excluding carboxylic acids is 5. The number of urea groups is 1. The molecule has 3 fully saturated rings. The lowest BCUT2D eigenvalue weighted by atomic mass is 9.49. The van der Waals surface area contributed by atoms with Crippen molar-refractivity contribution in [1.82, 2.24) is 9.91 Å². The van der Waals surface area contributed by atoms with Gasteiger partial charge in [-0.1, -0.05) is 51.3 Å². The van der Waals surface area contributed by atoms with Crippen LogP contribution in [0.15, 0.2) is 76.8 Å². The lowest BCUT2D eigenvalue weighted by Gasteiger charge is -2.50. The van der Waals surface area contributed by atoms with Crippen LogP contribution in [0.2, 0.25) is 5.02 Å². The Morgan fingerprint density at radius 1 is 1.04 bits per heavy atom. The highest BCUT2D eigenvalue weighted by molar-refractivity contribution is 9.10. The molecule has 1 saturated carbocycles. The third-order valence-electron chi connectivity index (χ3n) is 10.1. The number of primary amides is 1. The number of aromatic hydroxyl groups is 1. The normalized spacial score (nSPS) is 27.8. The molecule has 2 saturated heterocycles. The second kappa shape index (κ2) is 11.4. The molecule has 11 nitrogen and oxygen atoms in total. The molecule has 0 radical (unpaired) electrons.